The van der Waals surface area contributed by atoms with Gasteiger partial charge in [-0.3, -0.25) is 4.18 Å². The van der Waals surface area contributed by atoms with Gasteiger partial charge >= 0.3 is 5.97 Å². The van der Waals surface area contributed by atoms with Crippen molar-refractivity contribution in [1.82, 2.24) is 19.4 Å². The normalized spacial score (nSPS) is 14.8. The number of fused-ring (bicyclic) bond motifs is 7. The molecule has 5 heterocycles. The number of halogens is 4. The summed E-state index contributed by atoms with van der Waals surface area (Å²) in [6.45, 7) is 4.35. The summed E-state index contributed by atoms with van der Waals surface area (Å²) in [5.74, 6) is -0.475. The van der Waals surface area contributed by atoms with Crippen molar-refractivity contribution in [3.8, 4) is 62.5 Å². The van der Waals surface area contributed by atoms with Crippen LogP contribution in [-0.2, 0) is 32.1 Å². The number of aryl methyl sites for hydroxylation is 1. The summed E-state index contributed by atoms with van der Waals surface area (Å²) in [5, 5.41) is 11.1. The Bertz CT molecular complexity index is 3420. The molecule has 5 aromatic carbocycles. The molecule has 0 unspecified atom stereocenters. The Morgan fingerprint density at radius 3 is 2.31 bits per heavy atom. The number of carboxylic acid groups (broad SMARTS) is 1. The number of aliphatic carboxylic acids is 1. The fraction of sp³-hybridized carbons (Fsp3) is 0.192. The highest BCUT2D eigenvalue weighted by molar-refractivity contribution is 7.86. The molecule has 1 N–H and O–H groups in total. The van der Waals surface area contributed by atoms with E-state index in [2.05, 4.69) is 9.97 Å². The van der Waals surface area contributed by atoms with Crippen LogP contribution in [0.4, 0.5) is 4.39 Å². The largest absolute Gasteiger partial charge is 0.496 e. The van der Waals surface area contributed by atoms with Gasteiger partial charge in [0.05, 0.1) is 33.3 Å². The van der Waals surface area contributed by atoms with Crippen molar-refractivity contribution in [2.75, 3.05) is 20.3 Å². The van der Waals surface area contributed by atoms with Gasteiger partial charge in [0.2, 0.25) is 12.0 Å². The molecule has 3 aromatic heterocycles. The maximum Gasteiger partial charge on any atom is 0.345 e. The van der Waals surface area contributed by atoms with Gasteiger partial charge in [-0.2, -0.15) is 8.42 Å². The van der Waals surface area contributed by atoms with Crippen molar-refractivity contribution in [2.24, 2.45) is 0 Å². The van der Waals surface area contributed by atoms with E-state index in [4.69, 9.17) is 67.7 Å². The number of methoxy groups -OCH3 is 1. The van der Waals surface area contributed by atoms with Crippen LogP contribution < -0.4 is 23.7 Å². The summed E-state index contributed by atoms with van der Waals surface area (Å²) >= 11 is 21.7. The van der Waals surface area contributed by atoms with Crippen LogP contribution in [0.25, 0.3) is 39.2 Å². The number of para-hydroxylation sites is 1. The van der Waals surface area contributed by atoms with E-state index in [-0.39, 0.29) is 68.4 Å². The standard InChI is InChI=1S/C52H42Cl3FN4O10S/c1-28-9-16-37(17-10-28)71(63,64)68-27-36-26-66-35-15-18-39(67-25-34-19-20-57-50(59-34)38-7-5-6-8-40(38)65-4)32(23-35)24-41(52(61)62)70-51-47-44(42-29(2)45(53)48(69-36)46(54)30(42)3)43(31-11-13-33(56)14-12-31)49(55)60(47)22-21-58-51/h5-23,36,41H,24-27H2,1-4H3,(H,61,62)/t36-,41+/m0/s1. The number of benzene rings is 5. The second-order valence-electron chi connectivity index (χ2n) is 16.5. The number of hydrogen-bond donors (Lipinski definition) is 1. The first kappa shape index (κ1) is 49.0. The summed E-state index contributed by atoms with van der Waals surface area (Å²) in [6, 6.07) is 25.6. The third kappa shape index (κ3) is 10.0. The van der Waals surface area contributed by atoms with Gasteiger partial charge in [-0.05, 0) is 104 Å². The first-order chi connectivity index (χ1) is 34.1. The average Bonchev–Trinajstić information content (AvgIpc) is 3.66. The maximum atomic E-state index is 14.5. The lowest BCUT2D eigenvalue weighted by molar-refractivity contribution is -0.145. The minimum Gasteiger partial charge on any atom is -0.496 e. The van der Waals surface area contributed by atoms with E-state index in [0.29, 0.717) is 61.8 Å². The van der Waals surface area contributed by atoms with Gasteiger partial charge in [-0.1, -0.05) is 76.8 Å². The highest BCUT2D eigenvalue weighted by Crippen LogP contribution is 2.52. The van der Waals surface area contributed by atoms with Crippen LogP contribution in [0.3, 0.4) is 0 Å². The second-order valence-corrected chi connectivity index (χ2v) is 19.2. The number of hydrogen-bond acceptors (Lipinski definition) is 12. The van der Waals surface area contributed by atoms with Crippen molar-refractivity contribution in [1.29, 1.82) is 0 Å². The molecule has 14 nitrogen and oxygen atoms in total. The smallest absolute Gasteiger partial charge is 0.345 e. The lowest BCUT2D eigenvalue weighted by Gasteiger charge is -2.24. The summed E-state index contributed by atoms with van der Waals surface area (Å²) in [5.41, 5.74) is 5.23. The molecule has 0 saturated carbocycles. The third-order valence-electron chi connectivity index (χ3n) is 11.8. The molecule has 364 valence electrons. The van der Waals surface area contributed by atoms with Crippen LogP contribution in [-0.4, -0.2) is 71.4 Å². The molecule has 4 bridgehead atoms. The van der Waals surface area contributed by atoms with Crippen molar-refractivity contribution in [2.45, 2.75) is 50.9 Å². The summed E-state index contributed by atoms with van der Waals surface area (Å²) < 4.78 is 79.9. The first-order valence-corrected chi connectivity index (χ1v) is 24.4. The van der Waals surface area contributed by atoms with Crippen LogP contribution in [0.15, 0.2) is 121 Å². The monoisotopic (exact) mass is 1040 g/mol. The Morgan fingerprint density at radius 1 is 0.859 bits per heavy atom. The molecule has 0 saturated heterocycles. The number of ether oxygens (including phenoxy) is 5. The Labute approximate surface area is 422 Å². The molecule has 8 aromatic rings. The van der Waals surface area contributed by atoms with Gasteiger partial charge in [-0.15, -0.1) is 0 Å². The van der Waals surface area contributed by atoms with Crippen LogP contribution in [0.2, 0.25) is 15.2 Å². The maximum absolute atomic E-state index is 14.5. The van der Waals surface area contributed by atoms with E-state index in [1.807, 2.05) is 25.1 Å². The van der Waals surface area contributed by atoms with Crippen molar-refractivity contribution < 1.29 is 50.6 Å². The molecule has 0 spiro atoms. The fourth-order valence-electron chi connectivity index (χ4n) is 8.22. The van der Waals surface area contributed by atoms with Gasteiger partial charge in [0.25, 0.3) is 10.1 Å². The zero-order valence-corrected chi connectivity index (χ0v) is 41.4. The van der Waals surface area contributed by atoms with Crippen LogP contribution in [0.1, 0.15) is 27.9 Å². The molecular weight excluding hydrogens is 998 g/mol. The van der Waals surface area contributed by atoms with Crippen molar-refractivity contribution in [3.63, 3.8) is 0 Å². The van der Waals surface area contributed by atoms with Crippen molar-refractivity contribution >= 4 is 56.4 Å². The van der Waals surface area contributed by atoms with E-state index in [1.54, 1.807) is 92.3 Å². The molecule has 71 heavy (non-hydrogen) atoms. The quantitative estimate of drug-likeness (QED) is 0.122. The summed E-state index contributed by atoms with van der Waals surface area (Å²) in [7, 11) is -2.75. The Kier molecular flexibility index (Phi) is 14.1. The topological polar surface area (TPSA) is 170 Å². The minimum atomic E-state index is -4.31. The average molecular weight is 1040 g/mol. The third-order valence-corrected chi connectivity index (χ3v) is 14.4. The highest BCUT2D eigenvalue weighted by Gasteiger charge is 2.33. The molecular formula is C52H42Cl3FN4O10S. The number of aromatic nitrogens is 4. The van der Waals surface area contributed by atoms with E-state index in [9.17, 15) is 22.7 Å². The fourth-order valence-corrected chi connectivity index (χ4v) is 10.0. The predicted molar refractivity (Wildman–Crippen MR) is 265 cm³/mol. The number of carbonyl (C=O) groups is 1. The summed E-state index contributed by atoms with van der Waals surface area (Å²) in [6.07, 6.45) is 1.51. The highest BCUT2D eigenvalue weighted by atomic mass is 35.5. The van der Waals surface area contributed by atoms with Gasteiger partial charge < -0.3 is 33.2 Å². The van der Waals surface area contributed by atoms with Gasteiger partial charge in [0.15, 0.2) is 17.7 Å². The predicted octanol–water partition coefficient (Wildman–Crippen LogP) is 11.4. The molecule has 10 rings (SSSR count). The molecule has 2 aliphatic rings. The van der Waals surface area contributed by atoms with Gasteiger partial charge in [0.1, 0.15) is 53.6 Å². The Morgan fingerprint density at radius 2 is 1.59 bits per heavy atom. The van der Waals surface area contributed by atoms with Gasteiger partial charge in [0, 0.05) is 41.7 Å². The lowest BCUT2D eigenvalue weighted by Crippen LogP contribution is -2.32. The van der Waals surface area contributed by atoms with E-state index >= 15 is 0 Å². The Hall–Kier alpha value is -6.95. The SMILES string of the molecule is COc1ccccc1-c1nccc(COc2ccc3cc2C[C@H](C(=O)O)Oc2nccn4c(Cl)c(-c5ccc(F)cc5)c(c24)-c2c(C)c(Cl)c(c(Cl)c2C)O[C@H](COS(=O)(=O)c2ccc(C)cc2)CO3)n1. The van der Waals surface area contributed by atoms with Crippen LogP contribution in [0.5, 0.6) is 28.9 Å². The minimum absolute atomic E-state index is 0.00263. The van der Waals surface area contributed by atoms with E-state index in [1.165, 1.54) is 30.5 Å². The molecule has 2 atom stereocenters. The first-order valence-electron chi connectivity index (χ1n) is 21.9. The number of nitrogens with zero attached hydrogens (tertiary/aromatic N) is 4. The van der Waals surface area contributed by atoms with Crippen LogP contribution in [0, 0.1) is 26.6 Å². The molecule has 0 radical (unpaired) electrons. The molecule has 0 aliphatic carbocycles. The zero-order chi connectivity index (χ0) is 50.1. The molecule has 2 aliphatic heterocycles. The van der Waals surface area contributed by atoms with Gasteiger partial charge in [-0.25, -0.2) is 24.1 Å². The molecule has 0 amide bonds. The summed E-state index contributed by atoms with van der Waals surface area (Å²) in [4.78, 5) is 27.0. The lowest BCUT2D eigenvalue weighted by atomic mass is 9.90. The van der Waals surface area contributed by atoms with E-state index < -0.39 is 40.7 Å². The second kappa shape index (κ2) is 20.4. The Balaban J connectivity index is 1.18. The van der Waals surface area contributed by atoms with Crippen LogP contribution >= 0.6 is 34.8 Å². The number of carboxylic acids is 1. The van der Waals surface area contributed by atoms with Crippen molar-refractivity contribution in [3.05, 3.63) is 165 Å². The molecule has 0 fully saturated rings. The molecule has 19 heteroatoms. The van der Waals surface area contributed by atoms with E-state index in [0.717, 1.165) is 5.56 Å². The number of rotatable bonds is 11. The zero-order valence-electron chi connectivity index (χ0n) is 38.3.